The van der Waals surface area contributed by atoms with Crippen molar-refractivity contribution in [1.29, 1.82) is 0 Å². The summed E-state index contributed by atoms with van der Waals surface area (Å²) in [6, 6.07) is 1.88. The first-order chi connectivity index (χ1) is 7.17. The van der Waals surface area contributed by atoms with Gasteiger partial charge in [0.15, 0.2) is 0 Å². The molecule has 0 radical (unpaired) electrons. The van der Waals surface area contributed by atoms with E-state index in [1.165, 1.54) is 5.57 Å². The van der Waals surface area contributed by atoms with Crippen molar-refractivity contribution in [3.05, 3.63) is 29.0 Å². The van der Waals surface area contributed by atoms with Crippen LogP contribution in [0.5, 0.6) is 0 Å². The van der Waals surface area contributed by atoms with Gasteiger partial charge in [0.25, 0.3) is 0 Å². The number of nitrogens with two attached hydrogens (primary N) is 2. The molecule has 0 aromatic carbocycles. The van der Waals surface area contributed by atoms with E-state index in [-0.39, 0.29) is 0 Å². The number of pyridine rings is 1. The fourth-order valence-corrected chi connectivity index (χ4v) is 1.51. The molecule has 1 heterocycles. The predicted octanol–water partition coefficient (Wildman–Crippen LogP) is 2.11. The highest BCUT2D eigenvalue weighted by molar-refractivity contribution is 5.57. The molecule has 0 amide bonds. The molecule has 0 bridgehead atoms. The summed E-state index contributed by atoms with van der Waals surface area (Å²) in [4.78, 5) is 4.08. The van der Waals surface area contributed by atoms with E-state index in [0.29, 0.717) is 12.4 Å². The third kappa shape index (κ3) is 3.36. The Bertz CT molecular complexity index is 356. The van der Waals surface area contributed by atoms with Crippen molar-refractivity contribution in [3.63, 3.8) is 0 Å². The second-order valence-electron chi connectivity index (χ2n) is 3.72. The summed E-state index contributed by atoms with van der Waals surface area (Å²) in [5, 5.41) is 0. The second kappa shape index (κ2) is 5.51. The van der Waals surface area contributed by atoms with Gasteiger partial charge in [-0.2, -0.15) is 0 Å². The Kier molecular flexibility index (Phi) is 4.31. The lowest BCUT2D eigenvalue weighted by Crippen LogP contribution is -2.03. The number of aryl methyl sites for hydroxylation is 1. The first-order valence-corrected chi connectivity index (χ1v) is 5.29. The standard InChI is InChI=1S/C12H19N3/c1-3-4-10(7-13)6-11-8-15-12(14)5-9(11)2/h5-6,8H,3-4,7,13H2,1-2H3,(H2,14,15)/b10-6+. The number of nitrogens with zero attached hydrogens (tertiary/aromatic N) is 1. The number of aromatic nitrogens is 1. The smallest absolute Gasteiger partial charge is 0.123 e. The van der Waals surface area contributed by atoms with Crippen LogP contribution in [0.15, 0.2) is 17.8 Å². The van der Waals surface area contributed by atoms with Gasteiger partial charge < -0.3 is 11.5 Å². The van der Waals surface area contributed by atoms with Crippen LogP contribution >= 0.6 is 0 Å². The normalized spacial score (nSPS) is 11.8. The van der Waals surface area contributed by atoms with Crippen molar-refractivity contribution in [2.45, 2.75) is 26.7 Å². The zero-order chi connectivity index (χ0) is 11.3. The Hall–Kier alpha value is -1.35. The Morgan fingerprint density at radius 3 is 2.80 bits per heavy atom. The molecule has 3 nitrogen and oxygen atoms in total. The minimum Gasteiger partial charge on any atom is -0.384 e. The van der Waals surface area contributed by atoms with Crippen LogP contribution in [0.4, 0.5) is 5.82 Å². The first-order valence-electron chi connectivity index (χ1n) is 5.29. The van der Waals surface area contributed by atoms with Gasteiger partial charge in [-0.05, 0) is 30.5 Å². The second-order valence-corrected chi connectivity index (χ2v) is 3.72. The minimum atomic E-state index is 0.564. The van der Waals surface area contributed by atoms with Crippen LogP contribution in [0, 0.1) is 6.92 Å². The highest BCUT2D eigenvalue weighted by atomic mass is 14.8. The van der Waals surface area contributed by atoms with E-state index in [2.05, 4.69) is 18.0 Å². The Morgan fingerprint density at radius 2 is 2.27 bits per heavy atom. The van der Waals surface area contributed by atoms with Crippen LogP contribution in [-0.2, 0) is 0 Å². The summed E-state index contributed by atoms with van der Waals surface area (Å²) in [6.07, 6.45) is 6.08. The van der Waals surface area contributed by atoms with Gasteiger partial charge >= 0.3 is 0 Å². The Balaban J connectivity index is 2.95. The molecule has 0 saturated carbocycles. The quantitative estimate of drug-likeness (QED) is 0.791. The maximum atomic E-state index is 5.67. The molecule has 0 spiro atoms. The van der Waals surface area contributed by atoms with Gasteiger partial charge in [-0.1, -0.05) is 25.0 Å². The highest BCUT2D eigenvalue weighted by Crippen LogP contribution is 2.15. The average molecular weight is 205 g/mol. The summed E-state index contributed by atoms with van der Waals surface area (Å²) in [5.74, 6) is 0.564. The van der Waals surface area contributed by atoms with Gasteiger partial charge in [-0.15, -0.1) is 0 Å². The maximum Gasteiger partial charge on any atom is 0.123 e. The van der Waals surface area contributed by atoms with Crippen molar-refractivity contribution in [2.75, 3.05) is 12.3 Å². The number of hydrogen-bond donors (Lipinski definition) is 2. The summed E-state index contributed by atoms with van der Waals surface area (Å²) >= 11 is 0. The third-order valence-electron chi connectivity index (χ3n) is 2.37. The highest BCUT2D eigenvalue weighted by Gasteiger charge is 1.99. The van der Waals surface area contributed by atoms with Crippen LogP contribution in [0.3, 0.4) is 0 Å². The monoisotopic (exact) mass is 205 g/mol. The summed E-state index contributed by atoms with van der Waals surface area (Å²) in [5.41, 5.74) is 14.8. The van der Waals surface area contributed by atoms with Gasteiger partial charge in [-0.3, -0.25) is 0 Å². The molecule has 82 valence electrons. The lowest BCUT2D eigenvalue weighted by Gasteiger charge is -2.05. The van der Waals surface area contributed by atoms with Gasteiger partial charge in [0.2, 0.25) is 0 Å². The molecule has 0 aliphatic rings. The average Bonchev–Trinajstić information content (AvgIpc) is 2.21. The fraction of sp³-hybridized carbons (Fsp3) is 0.417. The molecule has 0 unspecified atom stereocenters. The predicted molar refractivity (Wildman–Crippen MR) is 65.3 cm³/mol. The molecular formula is C12H19N3. The summed E-state index contributed by atoms with van der Waals surface area (Å²) in [7, 11) is 0. The third-order valence-corrected chi connectivity index (χ3v) is 2.37. The zero-order valence-electron chi connectivity index (χ0n) is 9.46. The molecule has 0 aliphatic heterocycles. The van der Waals surface area contributed by atoms with E-state index in [1.807, 2.05) is 13.0 Å². The molecule has 0 aliphatic carbocycles. The molecule has 1 aromatic heterocycles. The molecule has 15 heavy (non-hydrogen) atoms. The van der Waals surface area contributed by atoms with Crippen molar-refractivity contribution >= 4 is 11.9 Å². The van der Waals surface area contributed by atoms with E-state index < -0.39 is 0 Å². The van der Waals surface area contributed by atoms with E-state index in [0.717, 1.165) is 24.0 Å². The maximum absolute atomic E-state index is 5.67. The molecule has 3 heteroatoms. The van der Waals surface area contributed by atoms with Crippen LogP contribution in [-0.4, -0.2) is 11.5 Å². The molecule has 0 atom stereocenters. The molecule has 0 fully saturated rings. The molecule has 1 rings (SSSR count). The number of hydrogen-bond acceptors (Lipinski definition) is 3. The number of rotatable bonds is 4. The molecular weight excluding hydrogens is 186 g/mol. The summed E-state index contributed by atoms with van der Waals surface area (Å²) in [6.45, 7) is 4.79. The van der Waals surface area contributed by atoms with E-state index in [9.17, 15) is 0 Å². The molecule has 1 aromatic rings. The van der Waals surface area contributed by atoms with Crippen molar-refractivity contribution in [1.82, 2.24) is 4.98 Å². The van der Waals surface area contributed by atoms with E-state index in [4.69, 9.17) is 11.5 Å². The van der Waals surface area contributed by atoms with E-state index >= 15 is 0 Å². The first kappa shape index (κ1) is 11.7. The van der Waals surface area contributed by atoms with Gasteiger partial charge in [0.05, 0.1) is 0 Å². The molecule has 4 N–H and O–H groups in total. The molecule has 0 saturated heterocycles. The largest absolute Gasteiger partial charge is 0.384 e. The van der Waals surface area contributed by atoms with Gasteiger partial charge in [0.1, 0.15) is 5.82 Å². The minimum absolute atomic E-state index is 0.564. The van der Waals surface area contributed by atoms with Crippen LogP contribution in [0.2, 0.25) is 0 Å². The number of anilines is 1. The van der Waals surface area contributed by atoms with Gasteiger partial charge in [0, 0.05) is 12.7 Å². The van der Waals surface area contributed by atoms with Gasteiger partial charge in [-0.25, -0.2) is 4.98 Å². The number of nitrogen functional groups attached to an aromatic ring is 1. The van der Waals surface area contributed by atoms with Crippen molar-refractivity contribution in [3.8, 4) is 0 Å². The lowest BCUT2D eigenvalue weighted by molar-refractivity contribution is 0.881. The van der Waals surface area contributed by atoms with E-state index in [1.54, 1.807) is 6.20 Å². The van der Waals surface area contributed by atoms with Crippen LogP contribution in [0.25, 0.3) is 6.08 Å². The zero-order valence-corrected chi connectivity index (χ0v) is 9.46. The van der Waals surface area contributed by atoms with Crippen LogP contribution < -0.4 is 11.5 Å². The Labute approximate surface area is 91.2 Å². The van der Waals surface area contributed by atoms with Crippen molar-refractivity contribution < 1.29 is 0 Å². The van der Waals surface area contributed by atoms with Crippen molar-refractivity contribution in [2.24, 2.45) is 5.73 Å². The fourth-order valence-electron chi connectivity index (χ4n) is 1.51. The lowest BCUT2D eigenvalue weighted by atomic mass is 10.0. The van der Waals surface area contributed by atoms with Crippen LogP contribution in [0.1, 0.15) is 30.9 Å². The summed E-state index contributed by atoms with van der Waals surface area (Å²) < 4.78 is 0. The Morgan fingerprint density at radius 1 is 1.53 bits per heavy atom. The topological polar surface area (TPSA) is 64.9 Å². The SMILES string of the molecule is CCC/C(=C\c1cnc(N)cc1C)CN.